The minimum Gasteiger partial charge on any atom is -0.355 e. The van der Waals surface area contributed by atoms with Gasteiger partial charge in [-0.2, -0.15) is 0 Å². The fraction of sp³-hybridized carbons (Fsp3) is 0.375. The molecule has 8 heteroatoms. The largest absolute Gasteiger partial charge is 0.355 e. The lowest BCUT2D eigenvalue weighted by atomic mass is 10.0. The van der Waals surface area contributed by atoms with E-state index in [-0.39, 0.29) is 11.6 Å². The van der Waals surface area contributed by atoms with E-state index in [0.717, 1.165) is 49.7 Å². The van der Waals surface area contributed by atoms with Crippen molar-refractivity contribution < 1.29 is 0 Å². The number of benzene rings is 1. The molecule has 6 rings (SSSR count). The summed E-state index contributed by atoms with van der Waals surface area (Å²) in [5, 5.41) is 5.92. The van der Waals surface area contributed by atoms with Crippen LogP contribution in [-0.2, 0) is 6.54 Å². The van der Waals surface area contributed by atoms with Gasteiger partial charge in [0.25, 0.3) is 5.56 Å². The molecule has 3 aromatic heterocycles. The number of rotatable bonds is 7. The van der Waals surface area contributed by atoms with E-state index < -0.39 is 0 Å². The van der Waals surface area contributed by atoms with E-state index in [1.807, 2.05) is 43.8 Å². The Morgan fingerprint density at radius 3 is 2.88 bits per heavy atom. The number of halogens is 1. The zero-order valence-corrected chi connectivity index (χ0v) is 19.3. The molecule has 2 saturated carbocycles. The maximum Gasteiger partial charge on any atom is 0.253 e. The molecule has 0 aliphatic heterocycles. The second-order valence-electron chi connectivity index (χ2n) is 9.06. The second-order valence-corrected chi connectivity index (χ2v) is 10.5. The number of aromatic amines is 1. The maximum absolute atomic E-state index is 12.8. The molecule has 0 unspecified atom stereocenters. The van der Waals surface area contributed by atoms with Crippen molar-refractivity contribution in [3.05, 3.63) is 63.4 Å². The van der Waals surface area contributed by atoms with Gasteiger partial charge < -0.3 is 14.9 Å². The Morgan fingerprint density at radius 1 is 1.25 bits per heavy atom. The Balaban J connectivity index is 1.24. The van der Waals surface area contributed by atoms with Crippen molar-refractivity contribution in [2.24, 2.45) is 5.92 Å². The number of aromatic nitrogens is 4. The van der Waals surface area contributed by atoms with Gasteiger partial charge in [-0.05, 0) is 68.2 Å². The van der Waals surface area contributed by atoms with E-state index in [1.54, 1.807) is 11.3 Å². The van der Waals surface area contributed by atoms with E-state index in [2.05, 4.69) is 24.8 Å². The van der Waals surface area contributed by atoms with E-state index in [9.17, 15) is 4.79 Å². The summed E-state index contributed by atoms with van der Waals surface area (Å²) < 4.78 is 2.21. The molecule has 0 spiro atoms. The highest BCUT2D eigenvalue weighted by molar-refractivity contribution is 7.18. The molecule has 1 aromatic carbocycles. The quantitative estimate of drug-likeness (QED) is 0.353. The summed E-state index contributed by atoms with van der Waals surface area (Å²) in [5.74, 6) is 1.32. The molecule has 2 aliphatic rings. The van der Waals surface area contributed by atoms with Crippen LogP contribution >= 0.6 is 22.9 Å². The fourth-order valence-corrected chi connectivity index (χ4v) is 5.52. The molecule has 0 saturated heterocycles. The van der Waals surface area contributed by atoms with E-state index in [4.69, 9.17) is 11.6 Å². The van der Waals surface area contributed by atoms with E-state index >= 15 is 0 Å². The van der Waals surface area contributed by atoms with Crippen LogP contribution in [0, 0.1) is 5.92 Å². The summed E-state index contributed by atoms with van der Waals surface area (Å²) in [5.41, 5.74) is 3.67. The first kappa shape index (κ1) is 20.0. The molecule has 1 atom stereocenters. The number of imidazole rings is 1. The molecule has 6 nitrogen and oxygen atoms in total. The maximum atomic E-state index is 12.8. The highest BCUT2D eigenvalue weighted by Crippen LogP contribution is 2.44. The third-order valence-electron chi connectivity index (χ3n) is 6.44. The molecule has 164 valence electrons. The number of H-pyrrole nitrogens is 1. The first-order chi connectivity index (χ1) is 15.5. The van der Waals surface area contributed by atoms with Crippen LogP contribution in [0.1, 0.15) is 55.7 Å². The van der Waals surface area contributed by atoms with Gasteiger partial charge in [-0.1, -0.05) is 22.9 Å². The molecule has 2 aliphatic carbocycles. The van der Waals surface area contributed by atoms with Gasteiger partial charge in [0.2, 0.25) is 0 Å². The van der Waals surface area contributed by atoms with E-state index in [0.29, 0.717) is 11.5 Å². The van der Waals surface area contributed by atoms with Crippen LogP contribution in [0.4, 0.5) is 5.13 Å². The van der Waals surface area contributed by atoms with Crippen molar-refractivity contribution in [1.82, 2.24) is 19.5 Å². The van der Waals surface area contributed by atoms with Crippen LogP contribution in [0.2, 0.25) is 5.02 Å². The van der Waals surface area contributed by atoms with Crippen LogP contribution in [0.15, 0.2) is 41.7 Å². The van der Waals surface area contributed by atoms with Crippen molar-refractivity contribution in [3.63, 3.8) is 0 Å². The van der Waals surface area contributed by atoms with Crippen LogP contribution in [-0.4, -0.2) is 19.5 Å². The third kappa shape index (κ3) is 3.84. The number of hydrogen-bond donors (Lipinski definition) is 2. The van der Waals surface area contributed by atoms with Crippen LogP contribution < -0.4 is 10.9 Å². The zero-order chi connectivity index (χ0) is 21.8. The molecule has 2 fully saturated rings. The molecule has 4 aromatic rings. The van der Waals surface area contributed by atoms with Crippen molar-refractivity contribution in [2.75, 3.05) is 5.32 Å². The molecule has 0 bridgehead atoms. The van der Waals surface area contributed by atoms with Crippen molar-refractivity contribution in [2.45, 2.75) is 51.1 Å². The lowest BCUT2D eigenvalue weighted by Gasteiger charge is -2.14. The SMILES string of the molecule is C[C@H](Nc1ncc(-c2cncn2CC2CC2)s1)c1cc2cc(Cl)c(C3CC3)cc2[nH]c1=O. The number of pyridine rings is 1. The minimum atomic E-state index is -0.194. The Bertz CT molecular complexity index is 1360. The standard InChI is InChI=1S/C24H24ClN5OS/c1-13(17-6-16-7-19(25)18(15-4-5-15)8-20(16)29-23(17)31)28-24-27-10-22(32-24)21-9-26-12-30(21)11-14-2-3-14/h6-10,12-15H,2-5,11H2,1H3,(H,27,28)(H,29,31)/t13-/m0/s1. The monoisotopic (exact) mass is 465 g/mol. The average molecular weight is 466 g/mol. The Kier molecular flexibility index (Phi) is 4.84. The normalized spacial score (nSPS) is 17.1. The lowest BCUT2D eigenvalue weighted by Crippen LogP contribution is -2.19. The molecule has 32 heavy (non-hydrogen) atoms. The van der Waals surface area contributed by atoms with Crippen LogP contribution in [0.5, 0.6) is 0 Å². The number of fused-ring (bicyclic) bond motifs is 1. The smallest absolute Gasteiger partial charge is 0.253 e. The summed E-state index contributed by atoms with van der Waals surface area (Å²) in [6.07, 6.45) is 10.6. The van der Waals surface area contributed by atoms with Gasteiger partial charge in [-0.15, -0.1) is 0 Å². The summed E-state index contributed by atoms with van der Waals surface area (Å²) in [7, 11) is 0. The number of anilines is 1. The van der Waals surface area contributed by atoms with Gasteiger partial charge in [-0.3, -0.25) is 4.79 Å². The van der Waals surface area contributed by atoms with Gasteiger partial charge in [0.05, 0.1) is 29.1 Å². The van der Waals surface area contributed by atoms with E-state index in [1.165, 1.54) is 25.7 Å². The Hall–Kier alpha value is -2.64. The highest BCUT2D eigenvalue weighted by Gasteiger charge is 2.26. The minimum absolute atomic E-state index is 0.0825. The molecule has 0 amide bonds. The van der Waals surface area contributed by atoms with Gasteiger partial charge in [0.15, 0.2) is 5.13 Å². The molecule has 3 heterocycles. The van der Waals surface area contributed by atoms with Crippen molar-refractivity contribution in [3.8, 4) is 10.6 Å². The predicted octanol–water partition coefficient (Wildman–Crippen LogP) is 5.96. The second kappa shape index (κ2) is 7.74. The summed E-state index contributed by atoms with van der Waals surface area (Å²) >= 11 is 8.10. The van der Waals surface area contributed by atoms with Crippen LogP contribution in [0.25, 0.3) is 21.5 Å². The Labute approximate surface area is 194 Å². The number of nitrogens with zero attached hydrogens (tertiary/aromatic N) is 3. The third-order valence-corrected chi connectivity index (χ3v) is 7.71. The van der Waals surface area contributed by atoms with Gasteiger partial charge in [-0.25, -0.2) is 9.97 Å². The lowest BCUT2D eigenvalue weighted by molar-refractivity contribution is 0.632. The zero-order valence-electron chi connectivity index (χ0n) is 17.8. The first-order valence-corrected chi connectivity index (χ1v) is 12.3. The van der Waals surface area contributed by atoms with Gasteiger partial charge >= 0.3 is 0 Å². The number of hydrogen-bond acceptors (Lipinski definition) is 5. The molecular formula is C24H24ClN5OS. The highest BCUT2D eigenvalue weighted by atomic mass is 35.5. The Morgan fingerprint density at radius 2 is 2.09 bits per heavy atom. The topological polar surface area (TPSA) is 75.6 Å². The van der Waals surface area contributed by atoms with Crippen LogP contribution in [0.3, 0.4) is 0 Å². The van der Waals surface area contributed by atoms with Gasteiger partial charge in [0, 0.05) is 34.2 Å². The van der Waals surface area contributed by atoms with Gasteiger partial charge in [0.1, 0.15) is 0 Å². The summed E-state index contributed by atoms with van der Waals surface area (Å²) in [4.78, 5) is 25.8. The predicted molar refractivity (Wildman–Crippen MR) is 130 cm³/mol. The molecular weight excluding hydrogens is 442 g/mol. The molecule has 2 N–H and O–H groups in total. The average Bonchev–Trinajstić information content (AvgIpc) is 3.68. The number of thiazole rings is 1. The fourth-order valence-electron chi connectivity index (χ4n) is 4.26. The first-order valence-electron chi connectivity index (χ1n) is 11.1. The number of nitrogens with one attached hydrogen (secondary N) is 2. The molecule has 0 radical (unpaired) electrons. The summed E-state index contributed by atoms with van der Waals surface area (Å²) in [6.45, 7) is 3.00. The summed E-state index contributed by atoms with van der Waals surface area (Å²) in [6, 6.07) is 5.75. The van der Waals surface area contributed by atoms with Crippen molar-refractivity contribution >= 4 is 39.0 Å². The van der Waals surface area contributed by atoms with Crippen molar-refractivity contribution in [1.29, 1.82) is 0 Å².